The van der Waals surface area contributed by atoms with Crippen LogP contribution in [0.1, 0.15) is 19.4 Å². The minimum absolute atomic E-state index is 0.210. The van der Waals surface area contributed by atoms with Crippen LogP contribution in [0.3, 0.4) is 0 Å². The number of carbonyl (C=O) groups is 2. The third-order valence-corrected chi connectivity index (χ3v) is 6.06. The highest BCUT2D eigenvalue weighted by Crippen LogP contribution is 2.52. The van der Waals surface area contributed by atoms with E-state index in [2.05, 4.69) is 21.2 Å². The molecule has 24 heavy (non-hydrogen) atoms. The average molecular weight is 420 g/mol. The Morgan fingerprint density at radius 3 is 2.29 bits per heavy atom. The second-order valence-corrected chi connectivity index (χ2v) is 9.01. The maximum Gasteiger partial charge on any atom is 0.325 e. The molecule has 0 radical (unpaired) electrons. The molecule has 0 aromatic heterocycles. The minimum atomic E-state index is -3.67. The van der Waals surface area contributed by atoms with Gasteiger partial charge in [0.15, 0.2) is 0 Å². The first-order valence-corrected chi connectivity index (χ1v) is 9.87. The Hall–Kier alpha value is -1.34. The summed E-state index contributed by atoms with van der Waals surface area (Å²) in [5.41, 5.74) is 0.520. The Balaban J connectivity index is 2.97. The first-order valence-electron chi connectivity index (χ1n) is 7.20. The average Bonchev–Trinajstić information content (AvgIpc) is 2.48. The molecule has 0 aliphatic rings. The van der Waals surface area contributed by atoms with Crippen LogP contribution in [0.2, 0.25) is 0 Å². The number of halogens is 1. The number of rotatable bonds is 8. The summed E-state index contributed by atoms with van der Waals surface area (Å²) in [6.07, 6.45) is -0.0851. The lowest BCUT2D eigenvalue weighted by atomic mass is 10.00. The highest BCUT2D eigenvalue weighted by molar-refractivity contribution is 9.10. The van der Waals surface area contributed by atoms with Gasteiger partial charge in [0.05, 0.1) is 5.92 Å². The number of hydrogen-bond donors (Lipinski definition) is 5. The topological polar surface area (TPSA) is 131 Å². The number of aliphatic carboxylic acids is 1. The molecule has 0 aliphatic heterocycles. The van der Waals surface area contributed by atoms with Crippen molar-refractivity contribution >= 4 is 41.0 Å². The van der Waals surface area contributed by atoms with E-state index in [1.165, 1.54) is 13.8 Å². The molecule has 9 heteroatoms. The van der Waals surface area contributed by atoms with Gasteiger partial charge in [0, 0.05) is 11.4 Å². The van der Waals surface area contributed by atoms with Crippen LogP contribution in [-0.4, -0.2) is 44.4 Å². The largest absolute Gasteiger partial charge is 0.480 e. The fourth-order valence-corrected chi connectivity index (χ4v) is 3.43. The van der Waals surface area contributed by atoms with Crippen LogP contribution < -0.4 is 5.32 Å². The second-order valence-electron chi connectivity index (χ2n) is 5.59. The lowest BCUT2D eigenvalue weighted by Gasteiger charge is -2.20. The lowest BCUT2D eigenvalue weighted by Crippen LogP contribution is -2.43. The Labute approximate surface area is 149 Å². The predicted octanol–water partition coefficient (Wildman–Crippen LogP) is 2.03. The van der Waals surface area contributed by atoms with Crippen molar-refractivity contribution in [1.82, 2.24) is 5.32 Å². The monoisotopic (exact) mass is 419 g/mol. The second kappa shape index (κ2) is 8.67. The molecule has 0 bridgehead atoms. The van der Waals surface area contributed by atoms with Crippen molar-refractivity contribution in [2.45, 2.75) is 26.3 Å². The molecule has 1 rings (SSSR count). The third-order valence-electron chi connectivity index (χ3n) is 3.51. The third kappa shape index (κ3) is 6.28. The molecular weight excluding hydrogens is 399 g/mol. The van der Waals surface area contributed by atoms with Gasteiger partial charge in [-0.15, -0.1) is 0 Å². The predicted molar refractivity (Wildman–Crippen MR) is 96.2 cm³/mol. The molecule has 1 aromatic rings. The Bertz CT molecular complexity index is 621. The van der Waals surface area contributed by atoms with Gasteiger partial charge in [0.2, 0.25) is 11.4 Å². The number of amides is 1. The highest BCUT2D eigenvalue weighted by Gasteiger charge is 2.42. The number of hydrogen-bond acceptors (Lipinski definition) is 5. The van der Waals surface area contributed by atoms with Crippen LogP contribution >= 0.6 is 23.6 Å². The van der Waals surface area contributed by atoms with Crippen LogP contribution in [0.4, 0.5) is 0 Å². The first-order chi connectivity index (χ1) is 11.0. The van der Waals surface area contributed by atoms with Crippen LogP contribution in [0.5, 0.6) is 0 Å². The summed E-state index contributed by atoms with van der Waals surface area (Å²) in [5, 5.41) is 18.7. The van der Waals surface area contributed by atoms with Crippen molar-refractivity contribution in [2.75, 3.05) is 6.16 Å². The zero-order valence-corrected chi connectivity index (χ0v) is 15.8. The number of carboxylic acid groups (broad SMARTS) is 1. The number of carbonyl (C=O) groups excluding carboxylic acids is 1. The fourth-order valence-electron chi connectivity index (χ4n) is 1.98. The summed E-state index contributed by atoms with van der Waals surface area (Å²) in [4.78, 5) is 43.3. The standard InChI is InChI=1S/C15H20BrN2O5P/c1-9(15(20)21)18-14(19)12(8-24(22,23)10(2)17)7-11-3-5-13(16)6-4-11/h3-6,9,12,17,22-23H,7-8H2,1-2H3,(H-,18,19,20,21)/p+1. The molecule has 2 unspecified atom stereocenters. The molecule has 0 fully saturated rings. The van der Waals surface area contributed by atoms with Gasteiger partial charge in [-0.3, -0.25) is 15.0 Å². The summed E-state index contributed by atoms with van der Waals surface area (Å²) < 4.78 is 0.869. The van der Waals surface area contributed by atoms with Crippen molar-refractivity contribution in [3.05, 3.63) is 34.3 Å². The van der Waals surface area contributed by atoms with E-state index >= 15 is 0 Å². The zero-order valence-electron chi connectivity index (χ0n) is 13.4. The van der Waals surface area contributed by atoms with Gasteiger partial charge in [-0.05, 0) is 31.0 Å². The summed E-state index contributed by atoms with van der Waals surface area (Å²) in [6.45, 7) is 2.61. The van der Waals surface area contributed by atoms with E-state index in [-0.39, 0.29) is 18.0 Å². The minimum Gasteiger partial charge on any atom is -0.480 e. The van der Waals surface area contributed by atoms with Crippen molar-refractivity contribution < 1.29 is 24.5 Å². The van der Waals surface area contributed by atoms with Gasteiger partial charge in [0.1, 0.15) is 12.2 Å². The van der Waals surface area contributed by atoms with E-state index in [1.54, 1.807) is 24.3 Å². The Morgan fingerprint density at radius 2 is 1.83 bits per heavy atom. The van der Waals surface area contributed by atoms with E-state index in [9.17, 15) is 19.4 Å². The van der Waals surface area contributed by atoms with Crippen LogP contribution in [0, 0.1) is 11.3 Å². The SMILES string of the molecule is CC(=N)[P+](O)(O)CC(Cc1ccc(Br)cc1)C(=O)NC(C)C(=O)O. The maximum atomic E-state index is 12.4. The molecule has 0 saturated heterocycles. The normalized spacial score (nSPS) is 13.9. The van der Waals surface area contributed by atoms with Gasteiger partial charge in [-0.1, -0.05) is 28.1 Å². The Morgan fingerprint density at radius 1 is 1.29 bits per heavy atom. The summed E-state index contributed by atoms with van der Waals surface area (Å²) in [6, 6.07) is 6.09. The summed E-state index contributed by atoms with van der Waals surface area (Å²) in [5.74, 6) is -2.61. The molecule has 7 nitrogen and oxygen atoms in total. The van der Waals surface area contributed by atoms with Gasteiger partial charge in [-0.25, -0.2) is 9.79 Å². The zero-order chi connectivity index (χ0) is 18.5. The van der Waals surface area contributed by atoms with Gasteiger partial charge in [0.25, 0.3) is 0 Å². The summed E-state index contributed by atoms with van der Waals surface area (Å²) >= 11 is 3.31. The van der Waals surface area contributed by atoms with Crippen molar-refractivity contribution in [3.8, 4) is 0 Å². The smallest absolute Gasteiger partial charge is 0.325 e. The quantitative estimate of drug-likeness (QED) is 0.325. The van der Waals surface area contributed by atoms with Gasteiger partial charge < -0.3 is 10.4 Å². The Kier molecular flexibility index (Phi) is 7.48. The summed E-state index contributed by atoms with van der Waals surface area (Å²) in [7, 11) is -3.67. The number of carboxylic acids is 1. The first kappa shape index (κ1) is 20.7. The molecule has 0 heterocycles. The van der Waals surface area contributed by atoms with E-state index in [1.807, 2.05) is 0 Å². The maximum absolute atomic E-state index is 12.4. The van der Waals surface area contributed by atoms with Crippen molar-refractivity contribution in [1.29, 1.82) is 5.41 Å². The van der Waals surface area contributed by atoms with Crippen LogP contribution in [-0.2, 0) is 16.0 Å². The lowest BCUT2D eigenvalue weighted by molar-refractivity contribution is -0.141. The molecule has 0 spiro atoms. The molecule has 5 N–H and O–H groups in total. The molecule has 132 valence electrons. The van der Waals surface area contributed by atoms with Crippen molar-refractivity contribution in [2.24, 2.45) is 5.92 Å². The van der Waals surface area contributed by atoms with Crippen LogP contribution in [0.15, 0.2) is 28.7 Å². The van der Waals surface area contributed by atoms with E-state index < -0.39 is 31.6 Å². The highest BCUT2D eigenvalue weighted by atomic mass is 79.9. The van der Waals surface area contributed by atoms with Crippen LogP contribution in [0.25, 0.3) is 0 Å². The molecule has 1 amide bonds. The molecule has 2 atom stereocenters. The van der Waals surface area contributed by atoms with Gasteiger partial charge in [-0.2, -0.15) is 0 Å². The van der Waals surface area contributed by atoms with E-state index in [0.717, 1.165) is 10.0 Å². The number of nitrogens with one attached hydrogen (secondary N) is 2. The molecule has 0 aliphatic carbocycles. The molecule has 0 saturated carbocycles. The molecule has 1 aromatic carbocycles. The number of benzene rings is 1. The van der Waals surface area contributed by atoms with E-state index in [0.29, 0.717) is 0 Å². The van der Waals surface area contributed by atoms with Crippen molar-refractivity contribution in [3.63, 3.8) is 0 Å². The van der Waals surface area contributed by atoms with Gasteiger partial charge >= 0.3 is 13.7 Å². The van der Waals surface area contributed by atoms with E-state index in [4.69, 9.17) is 10.5 Å². The fraction of sp³-hybridized carbons (Fsp3) is 0.400. The molecular formula is C15H21BrN2O5P+.